The zero-order chi connectivity index (χ0) is 17.4. The van der Waals surface area contributed by atoms with Crippen molar-refractivity contribution in [3.63, 3.8) is 0 Å². The maximum Gasteiger partial charge on any atom is 0.332 e. The number of carboxylic acid groups (broad SMARTS) is 2. The highest BCUT2D eigenvalue weighted by Crippen LogP contribution is 1.97. The molecule has 10 nitrogen and oxygen atoms in total. The number of hydrogen-bond donors (Lipinski definition) is 3. The second kappa shape index (κ2) is 8.19. The molecular formula is C12H16N4O6. The molecule has 2 aromatic rings. The molecule has 22 heavy (non-hydrogen) atoms. The van der Waals surface area contributed by atoms with E-state index in [0.717, 1.165) is 17.6 Å². The van der Waals surface area contributed by atoms with Gasteiger partial charge in [-0.15, -0.1) is 0 Å². The summed E-state index contributed by atoms with van der Waals surface area (Å²) < 4.78 is 2.37. The zero-order valence-corrected chi connectivity index (χ0v) is 12.2. The fourth-order valence-electron chi connectivity index (χ4n) is 1.27. The van der Waals surface area contributed by atoms with E-state index in [1.54, 1.807) is 7.05 Å². The molecule has 2 rings (SSSR count). The number of nitrogens with one attached hydrogen (secondary N) is 1. The Bertz CT molecular complexity index is 794. The van der Waals surface area contributed by atoms with Gasteiger partial charge in [-0.1, -0.05) is 6.58 Å². The average Bonchev–Trinajstić information content (AvgIpc) is 2.92. The first-order valence-electron chi connectivity index (χ1n) is 5.77. The molecule has 0 unspecified atom stereocenters. The van der Waals surface area contributed by atoms with Gasteiger partial charge in [0, 0.05) is 27.1 Å². The number of aliphatic carboxylic acids is 2. The lowest BCUT2D eigenvalue weighted by Gasteiger charge is -2.00. The van der Waals surface area contributed by atoms with E-state index in [9.17, 15) is 14.4 Å². The molecule has 0 aromatic carbocycles. The maximum absolute atomic E-state index is 11.4. The Morgan fingerprint density at radius 1 is 1.27 bits per heavy atom. The van der Waals surface area contributed by atoms with Crippen molar-refractivity contribution >= 4 is 23.1 Å². The van der Waals surface area contributed by atoms with Crippen LogP contribution in [0.5, 0.6) is 0 Å². The highest BCUT2D eigenvalue weighted by Gasteiger charge is 2.08. The van der Waals surface area contributed by atoms with E-state index < -0.39 is 11.9 Å². The van der Waals surface area contributed by atoms with E-state index in [4.69, 9.17) is 15.0 Å². The lowest BCUT2D eigenvalue weighted by Crippen LogP contribution is -2.36. The van der Waals surface area contributed by atoms with E-state index in [-0.39, 0.29) is 11.2 Å². The monoisotopic (exact) mass is 312 g/mol. The fourth-order valence-corrected chi connectivity index (χ4v) is 1.27. The minimum atomic E-state index is -0.981. The van der Waals surface area contributed by atoms with Crippen molar-refractivity contribution in [1.29, 1.82) is 0 Å². The molecule has 3 N–H and O–H groups in total. The number of aromatic amines is 1. The van der Waals surface area contributed by atoms with Gasteiger partial charge in [0.15, 0.2) is 5.65 Å². The van der Waals surface area contributed by atoms with E-state index in [1.807, 2.05) is 0 Å². The summed E-state index contributed by atoms with van der Waals surface area (Å²) in [6, 6.07) is 0. The molecule has 0 amide bonds. The van der Waals surface area contributed by atoms with Gasteiger partial charge in [0.05, 0.1) is 6.33 Å². The van der Waals surface area contributed by atoms with Crippen LogP contribution in [-0.2, 0) is 23.7 Å². The minimum Gasteiger partial charge on any atom is -0.481 e. The summed E-state index contributed by atoms with van der Waals surface area (Å²) in [5, 5.41) is 15.0. The summed E-state index contributed by atoms with van der Waals surface area (Å²) in [5.41, 5.74) is 0.0119. The SMILES string of the molecule is C=CC(=O)O.CC(=O)O.Cn1c(=O)c2[nH]cnc2n(C)c1=O. The standard InChI is InChI=1S/C7H8N4O2.C3H4O2.C2H4O2/c1-10-5-4(8-3-9-5)6(12)11(2)7(10)13;1-2-3(4)5;1-2(3)4/h3H,1-2H3,(H,8,9);2H,1H2,(H,4,5);1H3,(H,3,4). The highest BCUT2D eigenvalue weighted by atomic mass is 16.4. The number of imidazole rings is 1. The second-order valence-electron chi connectivity index (χ2n) is 3.87. The molecule has 0 spiro atoms. The van der Waals surface area contributed by atoms with Crippen LogP contribution in [-0.4, -0.2) is 41.3 Å². The summed E-state index contributed by atoms with van der Waals surface area (Å²) in [5.74, 6) is -1.81. The topological polar surface area (TPSA) is 147 Å². The quantitative estimate of drug-likeness (QED) is 0.590. The molecule has 10 heteroatoms. The van der Waals surface area contributed by atoms with Gasteiger partial charge in [-0.25, -0.2) is 14.6 Å². The molecule has 2 aromatic heterocycles. The number of fused-ring (bicyclic) bond motifs is 1. The third kappa shape index (κ3) is 5.07. The Morgan fingerprint density at radius 3 is 2.14 bits per heavy atom. The molecule has 120 valence electrons. The highest BCUT2D eigenvalue weighted by molar-refractivity contribution is 5.78. The van der Waals surface area contributed by atoms with Crippen molar-refractivity contribution in [3.05, 3.63) is 39.8 Å². The van der Waals surface area contributed by atoms with Crippen LogP contribution >= 0.6 is 0 Å². The van der Waals surface area contributed by atoms with E-state index in [0.29, 0.717) is 11.2 Å². The van der Waals surface area contributed by atoms with Crippen LogP contribution in [0.2, 0.25) is 0 Å². The van der Waals surface area contributed by atoms with Gasteiger partial charge in [0.25, 0.3) is 11.5 Å². The molecule has 0 fully saturated rings. The van der Waals surface area contributed by atoms with Gasteiger partial charge in [-0.05, 0) is 0 Å². The first-order chi connectivity index (χ1) is 10.1. The Labute approximate surface area is 124 Å². The van der Waals surface area contributed by atoms with Crippen LogP contribution in [0.1, 0.15) is 6.92 Å². The normalized spacial score (nSPS) is 9.05. The lowest BCUT2D eigenvalue weighted by atomic mass is 10.5. The van der Waals surface area contributed by atoms with E-state index >= 15 is 0 Å². The average molecular weight is 312 g/mol. The molecule has 2 heterocycles. The Morgan fingerprint density at radius 2 is 1.73 bits per heavy atom. The van der Waals surface area contributed by atoms with Crippen molar-refractivity contribution in [2.75, 3.05) is 0 Å². The zero-order valence-electron chi connectivity index (χ0n) is 12.2. The Balaban J connectivity index is 0.000000411. The van der Waals surface area contributed by atoms with Crippen molar-refractivity contribution in [2.24, 2.45) is 14.1 Å². The predicted octanol–water partition coefficient (Wildman–Crippen LogP) is -0.692. The van der Waals surface area contributed by atoms with E-state index in [2.05, 4.69) is 16.5 Å². The summed E-state index contributed by atoms with van der Waals surface area (Å²) >= 11 is 0. The summed E-state index contributed by atoms with van der Waals surface area (Å²) in [7, 11) is 3.01. The van der Waals surface area contributed by atoms with Crippen molar-refractivity contribution in [3.8, 4) is 0 Å². The number of H-pyrrole nitrogens is 1. The molecule has 0 aliphatic carbocycles. The Kier molecular flexibility index (Phi) is 7.01. The van der Waals surface area contributed by atoms with Crippen LogP contribution < -0.4 is 11.2 Å². The molecule has 0 saturated heterocycles. The molecule has 0 atom stereocenters. The Hall–Kier alpha value is -3.17. The predicted molar refractivity (Wildman–Crippen MR) is 77.7 cm³/mol. The smallest absolute Gasteiger partial charge is 0.332 e. The van der Waals surface area contributed by atoms with Crippen LogP contribution in [0.15, 0.2) is 28.6 Å². The van der Waals surface area contributed by atoms with Crippen molar-refractivity contribution < 1.29 is 19.8 Å². The van der Waals surface area contributed by atoms with Gasteiger partial charge >= 0.3 is 11.7 Å². The third-order valence-electron chi connectivity index (χ3n) is 2.20. The molecule has 0 bridgehead atoms. The first-order valence-corrected chi connectivity index (χ1v) is 5.77. The summed E-state index contributed by atoms with van der Waals surface area (Å²) in [6.07, 6.45) is 2.23. The molecule has 0 aliphatic rings. The molecular weight excluding hydrogens is 296 g/mol. The van der Waals surface area contributed by atoms with Crippen LogP contribution in [0.3, 0.4) is 0 Å². The maximum atomic E-state index is 11.4. The minimum absolute atomic E-state index is 0.351. The summed E-state index contributed by atoms with van der Waals surface area (Å²) in [6.45, 7) is 4.04. The number of nitrogens with zero attached hydrogens (tertiary/aromatic N) is 3. The van der Waals surface area contributed by atoms with Gasteiger partial charge in [0.2, 0.25) is 0 Å². The van der Waals surface area contributed by atoms with E-state index in [1.165, 1.54) is 17.9 Å². The van der Waals surface area contributed by atoms with Gasteiger partial charge in [0.1, 0.15) is 5.52 Å². The number of aromatic nitrogens is 4. The fraction of sp³-hybridized carbons (Fsp3) is 0.250. The van der Waals surface area contributed by atoms with Crippen LogP contribution in [0.4, 0.5) is 0 Å². The number of carbonyl (C=O) groups is 2. The largest absolute Gasteiger partial charge is 0.481 e. The van der Waals surface area contributed by atoms with Gasteiger partial charge in [-0.3, -0.25) is 18.7 Å². The van der Waals surface area contributed by atoms with Crippen molar-refractivity contribution in [1.82, 2.24) is 19.1 Å². The number of aryl methyl sites for hydroxylation is 1. The molecule has 0 saturated carbocycles. The van der Waals surface area contributed by atoms with Crippen LogP contribution in [0.25, 0.3) is 11.2 Å². The first kappa shape index (κ1) is 18.8. The molecule has 0 aliphatic heterocycles. The van der Waals surface area contributed by atoms with Gasteiger partial charge in [-0.2, -0.15) is 0 Å². The van der Waals surface area contributed by atoms with Crippen LogP contribution in [0, 0.1) is 0 Å². The molecule has 0 radical (unpaired) electrons. The van der Waals surface area contributed by atoms with Gasteiger partial charge < -0.3 is 15.2 Å². The lowest BCUT2D eigenvalue weighted by molar-refractivity contribution is -0.134. The summed E-state index contributed by atoms with van der Waals surface area (Å²) in [4.78, 5) is 47.6. The number of hydrogen-bond acceptors (Lipinski definition) is 5. The number of rotatable bonds is 1. The number of carboxylic acids is 2. The van der Waals surface area contributed by atoms with Crippen molar-refractivity contribution in [2.45, 2.75) is 6.92 Å². The second-order valence-corrected chi connectivity index (χ2v) is 3.87. The third-order valence-corrected chi connectivity index (χ3v) is 2.20.